The molecule has 0 unspecified atom stereocenters. The first-order valence-corrected chi connectivity index (χ1v) is 7.30. The Bertz CT molecular complexity index is 640. The number of aromatic nitrogens is 4. The maximum atomic E-state index is 13.2. The lowest BCUT2D eigenvalue weighted by Gasteiger charge is -2.11. The Balaban J connectivity index is 2.02. The lowest BCUT2D eigenvalue weighted by atomic mass is 10.1. The minimum absolute atomic E-state index is 0.163. The second-order valence-corrected chi connectivity index (χ2v) is 5.59. The Morgan fingerprint density at radius 3 is 2.82 bits per heavy atom. The van der Waals surface area contributed by atoms with Crippen LogP contribution in [0, 0.1) is 11.7 Å². The first-order valence-electron chi connectivity index (χ1n) is 7.30. The molecule has 1 amide bonds. The molecule has 1 atom stereocenters. The number of hydrogen-bond donors (Lipinski definition) is 1. The minimum atomic E-state index is -0.568. The fourth-order valence-electron chi connectivity index (χ4n) is 1.87. The number of tetrazole rings is 1. The molecule has 0 spiro atoms. The van der Waals surface area contributed by atoms with Gasteiger partial charge in [-0.2, -0.15) is 4.80 Å². The molecule has 7 heteroatoms. The number of carbonyl (C=O) groups is 1. The van der Waals surface area contributed by atoms with Gasteiger partial charge in [0.05, 0.1) is 0 Å². The van der Waals surface area contributed by atoms with Crippen LogP contribution < -0.4 is 5.32 Å². The highest BCUT2D eigenvalue weighted by Gasteiger charge is 2.18. The number of rotatable bonds is 6. The highest BCUT2D eigenvalue weighted by Crippen LogP contribution is 2.15. The summed E-state index contributed by atoms with van der Waals surface area (Å²) < 4.78 is 13.2. The van der Waals surface area contributed by atoms with Crippen LogP contribution in [0.4, 0.5) is 4.39 Å². The largest absolute Gasteiger partial charge is 0.354 e. The molecule has 0 saturated carbocycles. The van der Waals surface area contributed by atoms with Crippen molar-refractivity contribution in [3.05, 3.63) is 30.1 Å². The van der Waals surface area contributed by atoms with Crippen LogP contribution in [0.2, 0.25) is 0 Å². The maximum absolute atomic E-state index is 13.2. The van der Waals surface area contributed by atoms with Gasteiger partial charge in [0.1, 0.15) is 11.9 Å². The van der Waals surface area contributed by atoms with E-state index in [1.165, 1.54) is 16.9 Å². The molecular weight excluding hydrogens is 285 g/mol. The quantitative estimate of drug-likeness (QED) is 0.888. The van der Waals surface area contributed by atoms with E-state index in [1.54, 1.807) is 19.1 Å². The smallest absolute Gasteiger partial charge is 0.246 e. The summed E-state index contributed by atoms with van der Waals surface area (Å²) in [7, 11) is 0. The van der Waals surface area contributed by atoms with Crippen molar-refractivity contribution in [1.82, 2.24) is 25.5 Å². The van der Waals surface area contributed by atoms with E-state index in [4.69, 9.17) is 0 Å². The zero-order valence-electron chi connectivity index (χ0n) is 13.0. The molecule has 6 nitrogen and oxygen atoms in total. The van der Waals surface area contributed by atoms with Gasteiger partial charge in [0.25, 0.3) is 0 Å². The van der Waals surface area contributed by atoms with Gasteiger partial charge in [-0.3, -0.25) is 4.79 Å². The van der Waals surface area contributed by atoms with Crippen molar-refractivity contribution in [3.63, 3.8) is 0 Å². The van der Waals surface area contributed by atoms with E-state index in [0.29, 0.717) is 23.9 Å². The Hall–Kier alpha value is -2.31. The Morgan fingerprint density at radius 1 is 1.36 bits per heavy atom. The maximum Gasteiger partial charge on any atom is 0.246 e. The van der Waals surface area contributed by atoms with Gasteiger partial charge in [-0.15, -0.1) is 10.2 Å². The van der Waals surface area contributed by atoms with Crippen LogP contribution in [-0.4, -0.2) is 32.7 Å². The fraction of sp³-hybridized carbons (Fsp3) is 0.467. The van der Waals surface area contributed by atoms with Crippen molar-refractivity contribution in [2.45, 2.75) is 33.2 Å². The summed E-state index contributed by atoms with van der Waals surface area (Å²) in [6.07, 6.45) is 0.914. The number of nitrogens with one attached hydrogen (secondary N) is 1. The molecule has 1 N–H and O–H groups in total. The molecule has 1 aromatic carbocycles. The zero-order chi connectivity index (χ0) is 16.1. The standard InChI is InChI=1S/C15H20FN5O/c1-10(2)7-8-17-15(22)11(3)21-19-14(18-20-21)12-5-4-6-13(16)9-12/h4-6,9-11H,7-8H2,1-3H3,(H,17,22)/t11-/m1/s1. The van der Waals surface area contributed by atoms with E-state index in [-0.39, 0.29) is 11.7 Å². The van der Waals surface area contributed by atoms with Gasteiger partial charge in [-0.1, -0.05) is 26.0 Å². The summed E-state index contributed by atoms with van der Waals surface area (Å²) in [6.45, 7) is 6.51. The number of amides is 1. The number of hydrogen-bond acceptors (Lipinski definition) is 4. The summed E-state index contributed by atoms with van der Waals surface area (Å²) in [4.78, 5) is 13.3. The topological polar surface area (TPSA) is 72.7 Å². The van der Waals surface area contributed by atoms with Crippen LogP contribution in [-0.2, 0) is 4.79 Å². The average Bonchev–Trinajstić information content (AvgIpc) is 2.95. The first-order chi connectivity index (χ1) is 10.5. The molecule has 0 radical (unpaired) electrons. The second-order valence-electron chi connectivity index (χ2n) is 5.59. The number of benzene rings is 1. The molecule has 0 fully saturated rings. The lowest BCUT2D eigenvalue weighted by molar-refractivity contribution is -0.124. The summed E-state index contributed by atoms with van der Waals surface area (Å²) in [5.74, 6) is 0.290. The molecule has 0 bridgehead atoms. The van der Waals surface area contributed by atoms with Crippen LogP contribution in [0.5, 0.6) is 0 Å². The van der Waals surface area contributed by atoms with Gasteiger partial charge in [-0.05, 0) is 36.6 Å². The predicted molar refractivity (Wildman–Crippen MR) is 80.4 cm³/mol. The molecule has 118 valence electrons. The lowest BCUT2D eigenvalue weighted by Crippen LogP contribution is -2.33. The normalized spacial score (nSPS) is 12.4. The van der Waals surface area contributed by atoms with Gasteiger partial charge >= 0.3 is 0 Å². The highest BCUT2D eigenvalue weighted by molar-refractivity contribution is 5.79. The van der Waals surface area contributed by atoms with E-state index in [9.17, 15) is 9.18 Å². The summed E-state index contributed by atoms with van der Waals surface area (Å²) in [5.41, 5.74) is 0.527. The molecule has 2 rings (SSSR count). The van der Waals surface area contributed by atoms with Crippen molar-refractivity contribution in [1.29, 1.82) is 0 Å². The molecule has 0 aliphatic heterocycles. The third kappa shape index (κ3) is 4.09. The molecule has 2 aromatic rings. The van der Waals surface area contributed by atoms with Crippen LogP contribution in [0.15, 0.2) is 24.3 Å². The van der Waals surface area contributed by atoms with Gasteiger partial charge in [0.15, 0.2) is 0 Å². The molecule has 1 aromatic heterocycles. The van der Waals surface area contributed by atoms with Gasteiger partial charge in [0, 0.05) is 12.1 Å². The van der Waals surface area contributed by atoms with E-state index >= 15 is 0 Å². The number of halogens is 1. The van der Waals surface area contributed by atoms with Gasteiger partial charge < -0.3 is 5.32 Å². The van der Waals surface area contributed by atoms with E-state index in [2.05, 4.69) is 34.6 Å². The zero-order valence-corrected chi connectivity index (χ0v) is 13.0. The van der Waals surface area contributed by atoms with Crippen molar-refractivity contribution in [3.8, 4) is 11.4 Å². The molecule has 0 saturated heterocycles. The molecule has 0 aliphatic rings. The third-order valence-corrected chi connectivity index (χ3v) is 3.26. The summed E-state index contributed by atoms with van der Waals surface area (Å²) >= 11 is 0. The Labute approximate surface area is 128 Å². The van der Waals surface area contributed by atoms with E-state index in [1.807, 2.05) is 0 Å². The van der Waals surface area contributed by atoms with E-state index in [0.717, 1.165) is 6.42 Å². The van der Waals surface area contributed by atoms with Crippen molar-refractivity contribution < 1.29 is 9.18 Å². The Kier molecular flexibility index (Phi) is 5.19. The Morgan fingerprint density at radius 2 is 2.14 bits per heavy atom. The summed E-state index contributed by atoms with van der Waals surface area (Å²) in [5, 5.41) is 14.7. The molecule has 0 aliphatic carbocycles. The first kappa shape index (κ1) is 16.1. The number of nitrogens with zero attached hydrogens (tertiary/aromatic N) is 4. The van der Waals surface area contributed by atoms with Crippen LogP contribution >= 0.6 is 0 Å². The molecule has 1 heterocycles. The highest BCUT2D eigenvalue weighted by atomic mass is 19.1. The van der Waals surface area contributed by atoms with Crippen LogP contribution in [0.3, 0.4) is 0 Å². The molecule has 22 heavy (non-hydrogen) atoms. The third-order valence-electron chi connectivity index (χ3n) is 3.26. The van der Waals surface area contributed by atoms with Gasteiger partial charge in [0.2, 0.25) is 11.7 Å². The SMILES string of the molecule is CC(C)CCNC(=O)[C@@H](C)n1nnc(-c2cccc(F)c2)n1. The van der Waals surface area contributed by atoms with Crippen LogP contribution in [0.1, 0.15) is 33.2 Å². The van der Waals surface area contributed by atoms with E-state index < -0.39 is 6.04 Å². The van der Waals surface area contributed by atoms with Crippen molar-refractivity contribution in [2.24, 2.45) is 5.92 Å². The summed E-state index contributed by atoms with van der Waals surface area (Å²) in [6, 6.07) is 5.38. The van der Waals surface area contributed by atoms with Crippen molar-refractivity contribution in [2.75, 3.05) is 6.54 Å². The predicted octanol–water partition coefficient (Wildman–Crippen LogP) is 2.20. The van der Waals surface area contributed by atoms with Crippen molar-refractivity contribution >= 4 is 5.91 Å². The van der Waals surface area contributed by atoms with Crippen LogP contribution in [0.25, 0.3) is 11.4 Å². The fourth-order valence-corrected chi connectivity index (χ4v) is 1.87. The average molecular weight is 305 g/mol. The second kappa shape index (κ2) is 7.11. The minimum Gasteiger partial charge on any atom is -0.354 e. The number of carbonyl (C=O) groups excluding carboxylic acids is 1. The molecular formula is C15H20FN5O. The van der Waals surface area contributed by atoms with Gasteiger partial charge in [-0.25, -0.2) is 4.39 Å². The monoisotopic (exact) mass is 305 g/mol.